The third-order valence-electron chi connectivity index (χ3n) is 3.19. The number of phenolic OH excluding ortho intramolecular Hbond substituents is 1. The number of aromatic hydroxyl groups is 1. The van der Waals surface area contributed by atoms with Crippen molar-refractivity contribution in [1.82, 2.24) is 0 Å². The van der Waals surface area contributed by atoms with Gasteiger partial charge in [-0.3, -0.25) is 0 Å². The van der Waals surface area contributed by atoms with E-state index in [9.17, 15) is 14.7 Å². The Labute approximate surface area is 125 Å². The number of esters is 1. The molecular formula is C17H12O5. The van der Waals surface area contributed by atoms with Crippen LogP contribution in [0.1, 0.15) is 6.92 Å². The lowest BCUT2D eigenvalue weighted by Gasteiger charge is -2.05. The lowest BCUT2D eigenvalue weighted by atomic mass is 10.1. The summed E-state index contributed by atoms with van der Waals surface area (Å²) in [5.41, 5.74) is -0.246. The molecule has 3 rings (SSSR count). The van der Waals surface area contributed by atoms with Crippen LogP contribution in [0.25, 0.3) is 21.7 Å². The molecule has 110 valence electrons. The van der Waals surface area contributed by atoms with Gasteiger partial charge in [-0.15, -0.1) is 0 Å². The number of hydrogen-bond acceptors (Lipinski definition) is 5. The van der Waals surface area contributed by atoms with Gasteiger partial charge in [0.25, 0.3) is 0 Å². The van der Waals surface area contributed by atoms with Crippen LogP contribution in [0.15, 0.2) is 57.8 Å². The fraction of sp³-hybridized carbons (Fsp3) is 0.0588. The molecule has 0 radical (unpaired) electrons. The zero-order valence-electron chi connectivity index (χ0n) is 11.7. The summed E-state index contributed by atoms with van der Waals surface area (Å²) < 4.78 is 10.3. The van der Waals surface area contributed by atoms with Crippen LogP contribution < -0.4 is 10.4 Å². The minimum absolute atomic E-state index is 0.00365. The molecule has 0 bridgehead atoms. The van der Waals surface area contributed by atoms with Gasteiger partial charge in [0.2, 0.25) is 0 Å². The maximum atomic E-state index is 12.0. The second-order valence-corrected chi connectivity index (χ2v) is 4.70. The lowest BCUT2D eigenvalue weighted by molar-refractivity contribution is -0.128. The van der Waals surface area contributed by atoms with Crippen molar-refractivity contribution in [3.8, 4) is 11.5 Å². The minimum atomic E-state index is -0.560. The first-order valence-corrected chi connectivity index (χ1v) is 6.62. The van der Waals surface area contributed by atoms with Crippen molar-refractivity contribution >= 4 is 27.7 Å². The number of benzene rings is 2. The van der Waals surface area contributed by atoms with E-state index in [1.165, 1.54) is 24.3 Å². The van der Waals surface area contributed by atoms with Gasteiger partial charge < -0.3 is 14.3 Å². The summed E-state index contributed by atoms with van der Waals surface area (Å²) in [6.07, 6.45) is 2.87. The van der Waals surface area contributed by atoms with E-state index in [0.717, 1.165) is 0 Å². The highest BCUT2D eigenvalue weighted by atomic mass is 16.5. The van der Waals surface area contributed by atoms with Gasteiger partial charge in [-0.25, -0.2) is 9.59 Å². The molecule has 1 N–H and O–H groups in total. The Morgan fingerprint density at radius 3 is 2.68 bits per heavy atom. The molecule has 5 heteroatoms. The Morgan fingerprint density at radius 1 is 1.14 bits per heavy atom. The van der Waals surface area contributed by atoms with Gasteiger partial charge in [0.15, 0.2) is 0 Å². The normalized spacial score (nSPS) is 11.3. The maximum absolute atomic E-state index is 12.0. The summed E-state index contributed by atoms with van der Waals surface area (Å²) in [6.45, 7) is 1.71. The van der Waals surface area contributed by atoms with Gasteiger partial charge in [-0.2, -0.15) is 0 Å². The maximum Gasteiger partial charge on any atom is 0.344 e. The summed E-state index contributed by atoms with van der Waals surface area (Å²) in [4.78, 5) is 23.4. The fourth-order valence-electron chi connectivity index (χ4n) is 2.25. The first-order valence-electron chi connectivity index (χ1n) is 6.62. The van der Waals surface area contributed by atoms with Crippen molar-refractivity contribution in [3.05, 3.63) is 59.0 Å². The molecule has 2 aromatic carbocycles. The third-order valence-corrected chi connectivity index (χ3v) is 3.19. The van der Waals surface area contributed by atoms with Crippen molar-refractivity contribution in [2.75, 3.05) is 0 Å². The Morgan fingerprint density at radius 2 is 1.91 bits per heavy atom. The Bertz CT molecular complexity index is 966. The molecule has 1 aromatic heterocycles. The number of ether oxygens (including phenoxy) is 1. The molecule has 0 spiro atoms. The number of hydrogen-bond donors (Lipinski definition) is 1. The quantitative estimate of drug-likeness (QED) is 0.258. The summed E-state index contributed by atoms with van der Waals surface area (Å²) in [5, 5.41) is 11.1. The lowest BCUT2D eigenvalue weighted by Crippen LogP contribution is -2.04. The first-order chi connectivity index (χ1) is 10.6. The number of carbonyl (C=O) groups excluding carboxylic acids is 1. The Balaban J connectivity index is 2.18. The molecule has 0 unspecified atom stereocenters. The van der Waals surface area contributed by atoms with Crippen molar-refractivity contribution in [2.24, 2.45) is 0 Å². The molecule has 0 fully saturated rings. The van der Waals surface area contributed by atoms with E-state index in [2.05, 4.69) is 0 Å². The van der Waals surface area contributed by atoms with Crippen LogP contribution in [0.3, 0.4) is 0 Å². The molecule has 0 aliphatic rings. The van der Waals surface area contributed by atoms with Crippen LogP contribution in [0.4, 0.5) is 0 Å². The minimum Gasteiger partial charge on any atom is -0.508 e. The molecule has 0 aliphatic heterocycles. The topological polar surface area (TPSA) is 76.7 Å². The standard InChI is InChI=1S/C17H12O5/c1-2-3-16(19)21-11-5-7-13-12-6-4-10(18)8-14(12)17(20)22-15(13)9-11/h2-9,18H,1H3/b3-2+. The van der Waals surface area contributed by atoms with Crippen molar-refractivity contribution < 1.29 is 19.1 Å². The fourth-order valence-corrected chi connectivity index (χ4v) is 2.25. The van der Waals surface area contributed by atoms with E-state index in [1.54, 1.807) is 31.2 Å². The van der Waals surface area contributed by atoms with E-state index >= 15 is 0 Å². The molecule has 1 heterocycles. The number of carbonyl (C=O) groups is 1. The van der Waals surface area contributed by atoms with Crippen molar-refractivity contribution in [1.29, 1.82) is 0 Å². The number of fused-ring (bicyclic) bond motifs is 3. The molecule has 0 saturated carbocycles. The van der Waals surface area contributed by atoms with Crippen LogP contribution in [-0.4, -0.2) is 11.1 Å². The highest BCUT2D eigenvalue weighted by Crippen LogP contribution is 2.28. The first kappa shape index (κ1) is 13.9. The number of phenols is 1. The molecule has 22 heavy (non-hydrogen) atoms. The van der Waals surface area contributed by atoms with Crippen molar-refractivity contribution in [3.63, 3.8) is 0 Å². The molecular weight excluding hydrogens is 284 g/mol. The average molecular weight is 296 g/mol. The monoisotopic (exact) mass is 296 g/mol. The van der Waals surface area contributed by atoms with Gasteiger partial charge in [0.05, 0.1) is 5.39 Å². The summed E-state index contributed by atoms with van der Waals surface area (Å²) in [7, 11) is 0. The van der Waals surface area contributed by atoms with E-state index in [1.807, 2.05) is 0 Å². The van der Waals surface area contributed by atoms with Gasteiger partial charge in [-0.1, -0.05) is 6.08 Å². The number of rotatable bonds is 2. The van der Waals surface area contributed by atoms with E-state index in [-0.39, 0.29) is 11.5 Å². The molecule has 3 aromatic rings. The van der Waals surface area contributed by atoms with Crippen LogP contribution >= 0.6 is 0 Å². The summed E-state index contributed by atoms with van der Waals surface area (Å²) in [6, 6.07) is 9.33. The van der Waals surface area contributed by atoms with Crippen molar-refractivity contribution in [2.45, 2.75) is 6.92 Å². The predicted molar refractivity (Wildman–Crippen MR) is 82.1 cm³/mol. The molecule has 0 aliphatic carbocycles. The highest BCUT2D eigenvalue weighted by molar-refractivity contribution is 6.05. The molecule has 0 atom stereocenters. The van der Waals surface area contributed by atoms with Gasteiger partial charge in [0, 0.05) is 22.9 Å². The van der Waals surface area contributed by atoms with E-state index < -0.39 is 11.6 Å². The summed E-state index contributed by atoms with van der Waals surface area (Å²) >= 11 is 0. The van der Waals surface area contributed by atoms with Crippen LogP contribution in [0.5, 0.6) is 11.5 Å². The Kier molecular flexibility index (Phi) is 3.39. The third kappa shape index (κ3) is 2.44. The zero-order chi connectivity index (χ0) is 15.7. The second-order valence-electron chi connectivity index (χ2n) is 4.70. The van der Waals surface area contributed by atoms with E-state index in [0.29, 0.717) is 21.7 Å². The summed E-state index contributed by atoms with van der Waals surface area (Å²) in [5.74, 6) is -0.220. The predicted octanol–water partition coefficient (Wildman–Crippen LogP) is 3.13. The average Bonchev–Trinajstić information content (AvgIpc) is 2.47. The van der Waals surface area contributed by atoms with Gasteiger partial charge in [0.1, 0.15) is 17.1 Å². The second kappa shape index (κ2) is 5.37. The highest BCUT2D eigenvalue weighted by Gasteiger charge is 2.10. The largest absolute Gasteiger partial charge is 0.508 e. The molecule has 5 nitrogen and oxygen atoms in total. The molecule has 0 saturated heterocycles. The van der Waals surface area contributed by atoms with E-state index in [4.69, 9.17) is 9.15 Å². The van der Waals surface area contributed by atoms with Gasteiger partial charge in [-0.05, 0) is 37.3 Å². The number of allylic oxidation sites excluding steroid dienone is 1. The Hall–Kier alpha value is -3.08. The van der Waals surface area contributed by atoms with Crippen LogP contribution in [0, 0.1) is 0 Å². The molecule has 0 amide bonds. The zero-order valence-corrected chi connectivity index (χ0v) is 11.7. The van der Waals surface area contributed by atoms with Gasteiger partial charge >= 0.3 is 11.6 Å². The van der Waals surface area contributed by atoms with Crippen LogP contribution in [-0.2, 0) is 4.79 Å². The smallest absolute Gasteiger partial charge is 0.344 e. The van der Waals surface area contributed by atoms with Crippen LogP contribution in [0.2, 0.25) is 0 Å². The SMILES string of the molecule is C/C=C/C(=O)Oc1ccc2c(c1)oc(=O)c1cc(O)ccc12.